The number of alkyl halides is 1. The maximum atomic E-state index is 15.4. The Morgan fingerprint density at radius 2 is 1.62 bits per heavy atom. The smallest absolute Gasteiger partial charge is 0.261 e. The molecule has 0 bridgehead atoms. The van der Waals surface area contributed by atoms with E-state index in [1.54, 1.807) is 44.2 Å². The molecule has 1 unspecified atom stereocenters. The predicted octanol–water partition coefficient (Wildman–Crippen LogP) is 3.64. The first-order chi connectivity index (χ1) is 14.8. The van der Waals surface area contributed by atoms with E-state index in [9.17, 15) is 18.0 Å². The number of ether oxygens (including phenoxy) is 1. The van der Waals surface area contributed by atoms with Gasteiger partial charge in [0, 0.05) is 0 Å². The van der Waals surface area contributed by atoms with Crippen molar-refractivity contribution in [1.29, 1.82) is 0 Å². The summed E-state index contributed by atoms with van der Waals surface area (Å²) in [4.78, 5) is 25.8. The summed E-state index contributed by atoms with van der Waals surface area (Å²) in [6.07, 6.45) is 0. The first kappa shape index (κ1) is 24.3. The van der Waals surface area contributed by atoms with E-state index < -0.39 is 45.3 Å². The van der Waals surface area contributed by atoms with Gasteiger partial charge in [-0.05, 0) is 66.5 Å². The minimum absolute atomic E-state index is 0.180. The second kappa shape index (κ2) is 8.57. The molecule has 2 aromatic rings. The zero-order valence-corrected chi connectivity index (χ0v) is 20.5. The highest BCUT2D eigenvalue weighted by molar-refractivity contribution is 9.10. The summed E-state index contributed by atoms with van der Waals surface area (Å²) in [7, 11) is -2.65. The summed E-state index contributed by atoms with van der Waals surface area (Å²) in [6, 6.07) is 11.3. The van der Waals surface area contributed by atoms with Gasteiger partial charge in [-0.1, -0.05) is 18.2 Å². The van der Waals surface area contributed by atoms with Crippen molar-refractivity contribution < 1.29 is 27.1 Å². The normalized spacial score (nSPS) is 16.1. The van der Waals surface area contributed by atoms with Crippen LogP contribution in [0.5, 0.6) is 5.75 Å². The lowest BCUT2D eigenvalue weighted by Gasteiger charge is -2.30. The summed E-state index contributed by atoms with van der Waals surface area (Å²) >= 11 is 3.35. The molecule has 10 heteroatoms. The maximum absolute atomic E-state index is 15.4. The zero-order chi connectivity index (χ0) is 23.9. The standard InChI is InChI=1S/C22H24BrFN2O5S/c1-21(2,14-9-10-17(23)18(11-14)31-4)25-32(29,30)13-22(3,24)12-26-19(27)15-7-5-6-8-16(15)20(26)28/h5-11,25H,12-13H2,1-4H3. The van der Waals surface area contributed by atoms with Crippen molar-refractivity contribution in [1.82, 2.24) is 9.62 Å². The van der Waals surface area contributed by atoms with Crippen LogP contribution in [-0.4, -0.2) is 50.2 Å². The van der Waals surface area contributed by atoms with Gasteiger partial charge in [-0.2, -0.15) is 0 Å². The van der Waals surface area contributed by atoms with Crippen LogP contribution in [0.15, 0.2) is 46.9 Å². The monoisotopic (exact) mass is 526 g/mol. The topological polar surface area (TPSA) is 92.8 Å². The molecule has 1 aliphatic heterocycles. The summed E-state index contributed by atoms with van der Waals surface area (Å²) in [5.74, 6) is -1.68. The van der Waals surface area contributed by atoms with Crippen molar-refractivity contribution in [3.05, 3.63) is 63.6 Å². The number of carbonyl (C=O) groups excluding carboxylic acids is 2. The number of sulfonamides is 1. The van der Waals surface area contributed by atoms with Crippen LogP contribution in [0, 0.1) is 0 Å². The Hall–Kier alpha value is -2.30. The molecule has 172 valence electrons. The number of imide groups is 1. The van der Waals surface area contributed by atoms with Gasteiger partial charge in [0.05, 0.1) is 40.5 Å². The van der Waals surface area contributed by atoms with Crippen LogP contribution in [0.25, 0.3) is 0 Å². The number of methoxy groups -OCH3 is 1. The van der Waals surface area contributed by atoms with E-state index in [-0.39, 0.29) is 11.1 Å². The van der Waals surface area contributed by atoms with Crippen LogP contribution >= 0.6 is 15.9 Å². The number of halogens is 2. The Labute approximate surface area is 195 Å². The third-order valence-electron chi connectivity index (χ3n) is 5.14. The van der Waals surface area contributed by atoms with Crippen molar-refractivity contribution in [2.45, 2.75) is 32.0 Å². The van der Waals surface area contributed by atoms with E-state index in [1.165, 1.54) is 19.2 Å². The fraction of sp³-hybridized carbons (Fsp3) is 0.364. The van der Waals surface area contributed by atoms with E-state index in [2.05, 4.69) is 20.7 Å². The lowest BCUT2D eigenvalue weighted by atomic mass is 9.95. The Kier molecular flexibility index (Phi) is 6.52. The van der Waals surface area contributed by atoms with Crippen molar-refractivity contribution in [2.75, 3.05) is 19.4 Å². The van der Waals surface area contributed by atoms with Crippen LogP contribution < -0.4 is 9.46 Å². The molecule has 0 spiro atoms. The molecule has 1 aliphatic rings. The maximum Gasteiger partial charge on any atom is 0.261 e. The third kappa shape index (κ3) is 5.02. The number of benzene rings is 2. The number of hydrogen-bond donors (Lipinski definition) is 1. The van der Waals surface area contributed by atoms with Gasteiger partial charge < -0.3 is 4.74 Å². The second-order valence-electron chi connectivity index (χ2n) is 8.49. The first-order valence-corrected chi connectivity index (χ1v) is 12.2. The summed E-state index contributed by atoms with van der Waals surface area (Å²) in [6.45, 7) is 3.68. The van der Waals surface area contributed by atoms with Gasteiger partial charge in [-0.25, -0.2) is 17.5 Å². The molecule has 32 heavy (non-hydrogen) atoms. The Morgan fingerprint density at radius 3 is 2.16 bits per heavy atom. The Balaban J connectivity index is 1.75. The van der Waals surface area contributed by atoms with E-state index in [1.807, 2.05) is 0 Å². The van der Waals surface area contributed by atoms with Gasteiger partial charge >= 0.3 is 0 Å². The molecule has 0 radical (unpaired) electrons. The molecule has 1 N–H and O–H groups in total. The lowest BCUT2D eigenvalue weighted by Crippen LogP contribution is -2.50. The molecule has 7 nitrogen and oxygen atoms in total. The zero-order valence-electron chi connectivity index (χ0n) is 18.1. The van der Waals surface area contributed by atoms with E-state index in [0.29, 0.717) is 15.8 Å². The van der Waals surface area contributed by atoms with Crippen LogP contribution in [0.1, 0.15) is 47.1 Å². The van der Waals surface area contributed by atoms with Crippen molar-refractivity contribution >= 4 is 37.8 Å². The van der Waals surface area contributed by atoms with Crippen molar-refractivity contribution in [2.24, 2.45) is 0 Å². The van der Waals surface area contributed by atoms with Crippen LogP contribution in [-0.2, 0) is 15.6 Å². The van der Waals surface area contributed by atoms with Gasteiger partial charge in [-0.15, -0.1) is 0 Å². The quantitative estimate of drug-likeness (QED) is 0.530. The molecule has 0 saturated carbocycles. The molecule has 0 saturated heterocycles. The van der Waals surface area contributed by atoms with Crippen LogP contribution in [0.4, 0.5) is 4.39 Å². The number of rotatable bonds is 8. The van der Waals surface area contributed by atoms with Crippen molar-refractivity contribution in [3.8, 4) is 5.75 Å². The van der Waals surface area contributed by atoms with Gasteiger partial charge in [0.2, 0.25) is 10.0 Å². The van der Waals surface area contributed by atoms with Gasteiger partial charge in [0.1, 0.15) is 11.4 Å². The van der Waals surface area contributed by atoms with E-state index in [4.69, 9.17) is 4.74 Å². The Bertz CT molecular complexity index is 1150. The number of hydrogen-bond acceptors (Lipinski definition) is 5. The predicted molar refractivity (Wildman–Crippen MR) is 122 cm³/mol. The number of nitrogens with one attached hydrogen (secondary N) is 1. The van der Waals surface area contributed by atoms with Gasteiger partial charge in [0.15, 0.2) is 0 Å². The molecule has 2 aromatic carbocycles. The van der Waals surface area contributed by atoms with Crippen molar-refractivity contribution in [3.63, 3.8) is 0 Å². The number of nitrogens with zero attached hydrogens (tertiary/aromatic N) is 1. The molecule has 3 rings (SSSR count). The third-order valence-corrected chi connectivity index (χ3v) is 7.60. The molecule has 0 fully saturated rings. The summed E-state index contributed by atoms with van der Waals surface area (Å²) in [5, 5.41) is 0. The molecule has 2 amide bonds. The van der Waals surface area contributed by atoms with Crippen LogP contribution in [0.2, 0.25) is 0 Å². The highest BCUT2D eigenvalue weighted by Crippen LogP contribution is 2.32. The SMILES string of the molecule is COc1cc(C(C)(C)NS(=O)(=O)CC(C)(F)CN2C(=O)c3ccccc3C2=O)ccc1Br. The second-order valence-corrected chi connectivity index (χ2v) is 11.1. The number of carbonyl (C=O) groups is 2. The Morgan fingerprint density at radius 1 is 1.06 bits per heavy atom. The summed E-state index contributed by atoms with van der Waals surface area (Å²) in [5.41, 5.74) is -2.47. The van der Waals surface area contributed by atoms with Crippen LogP contribution in [0.3, 0.4) is 0 Å². The molecule has 0 aliphatic carbocycles. The van der Waals surface area contributed by atoms with Gasteiger partial charge in [-0.3, -0.25) is 14.5 Å². The fourth-order valence-electron chi connectivity index (χ4n) is 3.69. The van der Waals surface area contributed by atoms with E-state index in [0.717, 1.165) is 11.8 Å². The molecular formula is C22H24BrFN2O5S. The minimum Gasteiger partial charge on any atom is -0.496 e. The highest BCUT2D eigenvalue weighted by atomic mass is 79.9. The summed E-state index contributed by atoms with van der Waals surface area (Å²) < 4.78 is 49.5. The highest BCUT2D eigenvalue weighted by Gasteiger charge is 2.42. The average molecular weight is 527 g/mol. The number of amides is 2. The molecular weight excluding hydrogens is 503 g/mol. The first-order valence-electron chi connectivity index (χ1n) is 9.76. The number of fused-ring (bicyclic) bond motifs is 1. The largest absolute Gasteiger partial charge is 0.496 e. The van der Waals surface area contributed by atoms with E-state index >= 15 is 4.39 Å². The average Bonchev–Trinajstić information content (AvgIpc) is 2.91. The molecule has 1 heterocycles. The lowest BCUT2D eigenvalue weighted by molar-refractivity contribution is 0.0549. The fourth-order valence-corrected chi connectivity index (χ4v) is 5.95. The molecule has 1 atom stereocenters. The minimum atomic E-state index is -4.15. The molecule has 0 aromatic heterocycles. The van der Waals surface area contributed by atoms with Gasteiger partial charge in [0.25, 0.3) is 11.8 Å².